The van der Waals surface area contributed by atoms with Crippen LogP contribution in [0.2, 0.25) is 0 Å². The largest absolute Gasteiger partial charge is 0.480 e. The minimum absolute atomic E-state index is 0.158. The number of carbonyl (C=O) groups excluding carboxylic acids is 1. The molecule has 0 radical (unpaired) electrons. The molecule has 0 saturated carbocycles. The number of ether oxygens (including phenoxy) is 1. The average molecular weight is 274 g/mol. The van der Waals surface area contributed by atoms with Crippen LogP contribution in [0.15, 0.2) is 0 Å². The number of urea groups is 1. The van der Waals surface area contributed by atoms with Crippen LogP contribution in [-0.2, 0) is 9.53 Å². The molecule has 0 aromatic rings. The second-order valence-electron chi connectivity index (χ2n) is 4.94. The Morgan fingerprint density at radius 2 is 2.21 bits per heavy atom. The van der Waals surface area contributed by atoms with Crippen LogP contribution in [-0.4, -0.2) is 65.1 Å². The van der Waals surface area contributed by atoms with Crippen molar-refractivity contribution < 1.29 is 24.5 Å². The number of hydrogen-bond acceptors (Lipinski definition) is 4. The number of nitrogens with one attached hydrogen (secondary N) is 1. The van der Waals surface area contributed by atoms with Crippen LogP contribution in [0.1, 0.15) is 26.7 Å². The normalized spacial score (nSPS) is 22.7. The van der Waals surface area contributed by atoms with Gasteiger partial charge in [-0.3, -0.25) is 0 Å². The third-order valence-corrected chi connectivity index (χ3v) is 3.23. The lowest BCUT2D eigenvalue weighted by Crippen LogP contribution is -2.58. The van der Waals surface area contributed by atoms with Crippen molar-refractivity contribution in [1.29, 1.82) is 0 Å². The molecule has 1 aliphatic rings. The van der Waals surface area contributed by atoms with Gasteiger partial charge in [0.2, 0.25) is 0 Å². The number of carboxylic acids is 1. The smallest absolute Gasteiger partial charge is 0.329 e. The second kappa shape index (κ2) is 6.72. The third kappa shape index (κ3) is 4.07. The fourth-order valence-electron chi connectivity index (χ4n) is 2.05. The van der Waals surface area contributed by atoms with Crippen molar-refractivity contribution in [3.05, 3.63) is 0 Å². The van der Waals surface area contributed by atoms with Crippen molar-refractivity contribution in [3.8, 4) is 0 Å². The molecule has 0 aromatic carbocycles. The number of amides is 2. The summed E-state index contributed by atoms with van der Waals surface area (Å²) in [5.74, 6) is -1.05. The van der Waals surface area contributed by atoms with Gasteiger partial charge in [-0.1, -0.05) is 13.3 Å². The monoisotopic (exact) mass is 274 g/mol. The highest BCUT2D eigenvalue weighted by molar-refractivity contribution is 5.85. The number of nitrogens with zero attached hydrogens (tertiary/aromatic N) is 1. The molecule has 3 N–H and O–H groups in total. The van der Waals surface area contributed by atoms with Crippen LogP contribution >= 0.6 is 0 Å². The van der Waals surface area contributed by atoms with Crippen molar-refractivity contribution in [2.45, 2.75) is 38.3 Å². The highest BCUT2D eigenvalue weighted by Gasteiger charge is 2.36. The summed E-state index contributed by atoms with van der Waals surface area (Å²) in [7, 11) is 0. The van der Waals surface area contributed by atoms with Gasteiger partial charge in [0.1, 0.15) is 5.54 Å². The van der Waals surface area contributed by atoms with Crippen LogP contribution in [0.25, 0.3) is 0 Å². The Hall–Kier alpha value is -1.34. The van der Waals surface area contributed by atoms with Gasteiger partial charge < -0.3 is 25.2 Å². The quantitative estimate of drug-likeness (QED) is 0.657. The molecule has 7 heteroatoms. The first-order chi connectivity index (χ1) is 8.92. The maximum absolute atomic E-state index is 12.1. The summed E-state index contributed by atoms with van der Waals surface area (Å²) in [5, 5.41) is 20.8. The number of morpholine rings is 1. The molecule has 0 aromatic heterocycles. The van der Waals surface area contributed by atoms with Gasteiger partial charge in [-0.25, -0.2) is 9.59 Å². The molecule has 1 heterocycles. The van der Waals surface area contributed by atoms with Gasteiger partial charge in [0, 0.05) is 6.54 Å². The SMILES string of the molecule is CCCC(C)(NC(=O)N1CCOC(CO)C1)C(=O)O. The van der Waals surface area contributed by atoms with Gasteiger partial charge in [-0.05, 0) is 13.3 Å². The van der Waals surface area contributed by atoms with Gasteiger partial charge in [0.15, 0.2) is 0 Å². The molecule has 0 aliphatic carbocycles. The summed E-state index contributed by atoms with van der Waals surface area (Å²) in [6.07, 6.45) is 0.620. The summed E-state index contributed by atoms with van der Waals surface area (Å²) >= 11 is 0. The lowest BCUT2D eigenvalue weighted by atomic mass is 9.96. The van der Waals surface area contributed by atoms with Crippen LogP contribution in [0, 0.1) is 0 Å². The van der Waals surface area contributed by atoms with Gasteiger partial charge in [-0.15, -0.1) is 0 Å². The second-order valence-corrected chi connectivity index (χ2v) is 4.94. The van der Waals surface area contributed by atoms with Gasteiger partial charge in [0.25, 0.3) is 0 Å². The minimum Gasteiger partial charge on any atom is -0.480 e. The number of aliphatic hydroxyl groups excluding tert-OH is 1. The van der Waals surface area contributed by atoms with E-state index in [-0.39, 0.29) is 13.2 Å². The fourth-order valence-corrected chi connectivity index (χ4v) is 2.05. The number of carboxylic acid groups (broad SMARTS) is 1. The number of hydrogen-bond donors (Lipinski definition) is 3. The maximum atomic E-state index is 12.1. The number of aliphatic hydroxyl groups is 1. The summed E-state index contributed by atoms with van der Waals surface area (Å²) in [4.78, 5) is 24.8. The van der Waals surface area contributed by atoms with Crippen molar-refractivity contribution in [2.75, 3.05) is 26.3 Å². The van der Waals surface area contributed by atoms with E-state index in [1.165, 1.54) is 11.8 Å². The zero-order chi connectivity index (χ0) is 14.5. The summed E-state index contributed by atoms with van der Waals surface area (Å²) in [5.41, 5.74) is -1.27. The van der Waals surface area contributed by atoms with E-state index in [4.69, 9.17) is 9.84 Å². The van der Waals surface area contributed by atoms with Gasteiger partial charge in [0.05, 0.1) is 25.9 Å². The molecule has 110 valence electrons. The Kier molecular flexibility index (Phi) is 5.56. The van der Waals surface area contributed by atoms with E-state index in [2.05, 4.69) is 5.32 Å². The Bertz CT molecular complexity index is 336. The highest BCUT2D eigenvalue weighted by atomic mass is 16.5. The van der Waals surface area contributed by atoms with E-state index >= 15 is 0 Å². The van der Waals surface area contributed by atoms with Crippen molar-refractivity contribution in [1.82, 2.24) is 10.2 Å². The molecule has 7 nitrogen and oxygen atoms in total. The molecule has 1 aliphatic heterocycles. The Morgan fingerprint density at radius 1 is 1.53 bits per heavy atom. The van der Waals surface area contributed by atoms with Crippen LogP contribution in [0.5, 0.6) is 0 Å². The highest BCUT2D eigenvalue weighted by Crippen LogP contribution is 2.14. The Morgan fingerprint density at radius 3 is 2.74 bits per heavy atom. The lowest BCUT2D eigenvalue weighted by Gasteiger charge is -2.35. The molecular weight excluding hydrogens is 252 g/mol. The molecule has 2 amide bonds. The van der Waals surface area contributed by atoms with E-state index in [0.29, 0.717) is 26.0 Å². The molecule has 1 saturated heterocycles. The summed E-state index contributed by atoms with van der Waals surface area (Å²) < 4.78 is 5.24. The van der Waals surface area contributed by atoms with Gasteiger partial charge in [-0.2, -0.15) is 0 Å². The van der Waals surface area contributed by atoms with E-state index in [0.717, 1.165) is 0 Å². The van der Waals surface area contributed by atoms with Crippen LogP contribution in [0.4, 0.5) is 4.79 Å². The number of carbonyl (C=O) groups is 2. The molecule has 0 bridgehead atoms. The standard InChI is InChI=1S/C12H22N2O5/c1-3-4-12(2,10(16)17)13-11(18)14-5-6-19-9(7-14)8-15/h9,15H,3-8H2,1-2H3,(H,13,18)(H,16,17). The van der Waals surface area contributed by atoms with Crippen molar-refractivity contribution in [2.24, 2.45) is 0 Å². The van der Waals surface area contributed by atoms with E-state index in [1.54, 1.807) is 0 Å². The first-order valence-electron chi connectivity index (χ1n) is 6.46. The summed E-state index contributed by atoms with van der Waals surface area (Å²) in [6.45, 7) is 4.21. The summed E-state index contributed by atoms with van der Waals surface area (Å²) in [6, 6.07) is -0.430. The molecular formula is C12H22N2O5. The molecule has 2 atom stereocenters. The first kappa shape index (κ1) is 15.7. The van der Waals surface area contributed by atoms with Crippen molar-refractivity contribution in [3.63, 3.8) is 0 Å². The van der Waals surface area contributed by atoms with Crippen LogP contribution < -0.4 is 5.32 Å². The molecule has 19 heavy (non-hydrogen) atoms. The van der Waals surface area contributed by atoms with Crippen molar-refractivity contribution >= 4 is 12.0 Å². The lowest BCUT2D eigenvalue weighted by molar-refractivity contribution is -0.144. The maximum Gasteiger partial charge on any atom is 0.329 e. The first-order valence-corrected chi connectivity index (χ1v) is 6.46. The van der Waals surface area contributed by atoms with Crippen LogP contribution in [0.3, 0.4) is 0 Å². The minimum atomic E-state index is -1.27. The Labute approximate surface area is 112 Å². The topological polar surface area (TPSA) is 99.1 Å². The zero-order valence-electron chi connectivity index (χ0n) is 11.4. The zero-order valence-corrected chi connectivity index (χ0v) is 11.4. The van der Waals surface area contributed by atoms with Gasteiger partial charge >= 0.3 is 12.0 Å². The number of aliphatic carboxylic acids is 1. The molecule has 1 rings (SSSR count). The predicted octanol–water partition coefficient (Wildman–Crippen LogP) is 0.0325. The van der Waals surface area contributed by atoms with E-state index < -0.39 is 23.6 Å². The average Bonchev–Trinajstić information content (AvgIpc) is 2.38. The number of rotatable bonds is 5. The fraction of sp³-hybridized carbons (Fsp3) is 0.833. The van der Waals surface area contributed by atoms with E-state index in [9.17, 15) is 14.7 Å². The van der Waals surface area contributed by atoms with E-state index in [1.807, 2.05) is 6.92 Å². The predicted molar refractivity (Wildman–Crippen MR) is 67.9 cm³/mol. The Balaban J connectivity index is 2.64. The third-order valence-electron chi connectivity index (χ3n) is 3.23. The molecule has 2 unspecified atom stereocenters. The molecule has 0 spiro atoms. The molecule has 1 fully saturated rings.